The molecule has 0 radical (unpaired) electrons. The summed E-state index contributed by atoms with van der Waals surface area (Å²) in [6.07, 6.45) is 3.37. The fraction of sp³-hybridized carbons (Fsp3) is 0.346. The van der Waals surface area contributed by atoms with Gasteiger partial charge in [-0.15, -0.1) is 0 Å². The highest BCUT2D eigenvalue weighted by atomic mass is 16.5. The highest BCUT2D eigenvalue weighted by Gasteiger charge is 2.14. The van der Waals surface area contributed by atoms with Gasteiger partial charge in [-0.1, -0.05) is 44.2 Å². The Hall–Kier alpha value is -2.85. The molecule has 0 saturated heterocycles. The molecular weight excluding hydrogens is 374 g/mol. The zero-order valence-electron chi connectivity index (χ0n) is 18.2. The van der Waals surface area contributed by atoms with Gasteiger partial charge < -0.3 is 14.6 Å². The molecule has 1 aromatic heterocycles. The van der Waals surface area contributed by atoms with Gasteiger partial charge in [0.1, 0.15) is 6.61 Å². The zero-order valence-corrected chi connectivity index (χ0v) is 18.2. The second kappa shape index (κ2) is 10.3. The maximum Gasteiger partial charge on any atom is 0.161 e. The highest BCUT2D eigenvalue weighted by Crippen LogP contribution is 2.33. The molecular formula is C26H31NO3. The van der Waals surface area contributed by atoms with E-state index in [0.29, 0.717) is 30.4 Å². The van der Waals surface area contributed by atoms with Crippen LogP contribution in [0.15, 0.2) is 67.0 Å². The van der Waals surface area contributed by atoms with Crippen molar-refractivity contribution >= 4 is 0 Å². The van der Waals surface area contributed by atoms with Gasteiger partial charge in [-0.25, -0.2) is 0 Å². The number of rotatable bonds is 9. The summed E-state index contributed by atoms with van der Waals surface area (Å²) in [5, 5.41) is 10.7. The van der Waals surface area contributed by atoms with E-state index in [1.807, 2.05) is 44.2 Å². The van der Waals surface area contributed by atoms with E-state index in [1.54, 1.807) is 12.4 Å². The highest BCUT2D eigenvalue weighted by molar-refractivity contribution is 5.44. The summed E-state index contributed by atoms with van der Waals surface area (Å²) in [6.45, 7) is 8.80. The van der Waals surface area contributed by atoms with Gasteiger partial charge in [-0.3, -0.25) is 4.98 Å². The summed E-state index contributed by atoms with van der Waals surface area (Å²) in [4.78, 5) is 4.02. The van der Waals surface area contributed by atoms with E-state index in [-0.39, 0.29) is 6.10 Å². The van der Waals surface area contributed by atoms with Gasteiger partial charge in [0.05, 0.1) is 12.2 Å². The number of aliphatic hydroxyl groups excluding tert-OH is 1. The van der Waals surface area contributed by atoms with E-state index in [4.69, 9.17) is 9.47 Å². The molecule has 0 spiro atoms. The molecule has 4 heteroatoms. The largest absolute Gasteiger partial charge is 0.487 e. The topological polar surface area (TPSA) is 51.6 Å². The SMILES string of the molecule is CC(C)Oc1cc(C(O)Cc2ccncc2)ccc1OCc1ccc(C(C)C)cc1. The Labute approximate surface area is 179 Å². The number of nitrogens with zero attached hydrogens (tertiary/aromatic N) is 1. The average molecular weight is 406 g/mol. The zero-order chi connectivity index (χ0) is 21.5. The first-order valence-electron chi connectivity index (χ1n) is 10.5. The van der Waals surface area contributed by atoms with Crippen LogP contribution in [0.1, 0.15) is 62.0 Å². The summed E-state index contributed by atoms with van der Waals surface area (Å²) in [5.74, 6) is 1.84. The lowest BCUT2D eigenvalue weighted by Gasteiger charge is -2.18. The number of hydrogen-bond donors (Lipinski definition) is 1. The van der Waals surface area contributed by atoms with Crippen molar-refractivity contribution in [3.63, 3.8) is 0 Å². The lowest BCUT2D eigenvalue weighted by Crippen LogP contribution is -2.09. The van der Waals surface area contributed by atoms with Crippen molar-refractivity contribution < 1.29 is 14.6 Å². The third-order valence-electron chi connectivity index (χ3n) is 4.93. The lowest BCUT2D eigenvalue weighted by atomic mass is 10.0. The normalized spacial score (nSPS) is 12.2. The van der Waals surface area contributed by atoms with Crippen LogP contribution in [0.4, 0.5) is 0 Å². The molecule has 0 amide bonds. The Morgan fingerprint density at radius 2 is 1.47 bits per heavy atom. The van der Waals surface area contributed by atoms with E-state index in [2.05, 4.69) is 43.1 Å². The number of pyridine rings is 1. The average Bonchev–Trinajstić information content (AvgIpc) is 2.73. The van der Waals surface area contributed by atoms with E-state index in [0.717, 1.165) is 16.7 Å². The van der Waals surface area contributed by atoms with Crippen LogP contribution in [0.2, 0.25) is 0 Å². The first kappa shape index (κ1) is 21.8. The maximum atomic E-state index is 10.7. The third-order valence-corrected chi connectivity index (χ3v) is 4.93. The van der Waals surface area contributed by atoms with Crippen LogP contribution in [-0.2, 0) is 13.0 Å². The first-order chi connectivity index (χ1) is 14.4. The standard InChI is InChI=1S/C26H31NO3/c1-18(2)22-7-5-21(6-8-22)17-29-25-10-9-23(16-26(25)30-19(3)4)24(28)15-20-11-13-27-14-12-20/h5-14,16,18-19,24,28H,15,17H2,1-4H3. The molecule has 0 aliphatic rings. The number of aromatic nitrogens is 1. The van der Waals surface area contributed by atoms with Crippen LogP contribution >= 0.6 is 0 Å². The van der Waals surface area contributed by atoms with Crippen molar-refractivity contribution in [3.8, 4) is 11.5 Å². The van der Waals surface area contributed by atoms with Gasteiger partial charge >= 0.3 is 0 Å². The minimum Gasteiger partial charge on any atom is -0.487 e. The van der Waals surface area contributed by atoms with Crippen molar-refractivity contribution in [2.24, 2.45) is 0 Å². The molecule has 0 saturated carbocycles. The summed E-state index contributed by atoms with van der Waals surface area (Å²) < 4.78 is 12.0. The molecule has 0 bridgehead atoms. The molecule has 1 N–H and O–H groups in total. The van der Waals surface area contributed by atoms with Gasteiger partial charge in [0.25, 0.3) is 0 Å². The molecule has 0 fully saturated rings. The quantitative estimate of drug-likeness (QED) is 0.485. The Bertz CT molecular complexity index is 921. The molecule has 1 atom stereocenters. The Balaban J connectivity index is 1.73. The minimum absolute atomic E-state index is 0.00488. The van der Waals surface area contributed by atoms with Crippen LogP contribution in [0, 0.1) is 0 Å². The molecule has 3 rings (SSSR count). The van der Waals surface area contributed by atoms with Gasteiger partial charge in [-0.05, 0) is 66.3 Å². The summed E-state index contributed by atoms with van der Waals surface area (Å²) in [5.41, 5.74) is 4.26. The molecule has 0 aliphatic heterocycles. The Morgan fingerprint density at radius 1 is 0.800 bits per heavy atom. The van der Waals surface area contributed by atoms with Crippen LogP contribution < -0.4 is 9.47 Å². The number of benzene rings is 2. The molecule has 1 heterocycles. The van der Waals surface area contributed by atoms with Crippen LogP contribution in [-0.4, -0.2) is 16.2 Å². The molecule has 3 aromatic rings. The van der Waals surface area contributed by atoms with Crippen LogP contribution in [0.3, 0.4) is 0 Å². The van der Waals surface area contributed by atoms with Crippen LogP contribution in [0.5, 0.6) is 11.5 Å². The van der Waals surface area contributed by atoms with Crippen molar-refractivity contribution in [3.05, 3.63) is 89.2 Å². The Kier molecular flexibility index (Phi) is 7.47. The summed E-state index contributed by atoms with van der Waals surface area (Å²) in [7, 11) is 0. The van der Waals surface area contributed by atoms with Gasteiger partial charge in [0.2, 0.25) is 0 Å². The second-order valence-corrected chi connectivity index (χ2v) is 8.13. The smallest absolute Gasteiger partial charge is 0.161 e. The fourth-order valence-corrected chi connectivity index (χ4v) is 3.22. The minimum atomic E-state index is -0.625. The van der Waals surface area contributed by atoms with Crippen molar-refractivity contribution in [2.45, 2.75) is 58.8 Å². The molecule has 158 valence electrons. The van der Waals surface area contributed by atoms with Gasteiger partial charge in [0, 0.05) is 18.8 Å². The number of hydrogen-bond acceptors (Lipinski definition) is 4. The van der Waals surface area contributed by atoms with E-state index >= 15 is 0 Å². The number of ether oxygens (including phenoxy) is 2. The molecule has 2 aromatic carbocycles. The molecule has 4 nitrogen and oxygen atoms in total. The third kappa shape index (κ3) is 6.07. The van der Waals surface area contributed by atoms with E-state index < -0.39 is 6.10 Å². The molecule has 1 unspecified atom stereocenters. The second-order valence-electron chi connectivity index (χ2n) is 8.13. The van der Waals surface area contributed by atoms with E-state index in [9.17, 15) is 5.11 Å². The van der Waals surface area contributed by atoms with Gasteiger partial charge in [0.15, 0.2) is 11.5 Å². The van der Waals surface area contributed by atoms with Crippen LogP contribution in [0.25, 0.3) is 0 Å². The monoisotopic (exact) mass is 405 g/mol. The predicted octanol–water partition coefficient (Wildman–Crippen LogP) is 5.85. The van der Waals surface area contributed by atoms with Crippen molar-refractivity contribution in [1.82, 2.24) is 4.98 Å². The van der Waals surface area contributed by atoms with E-state index in [1.165, 1.54) is 5.56 Å². The predicted molar refractivity (Wildman–Crippen MR) is 120 cm³/mol. The Morgan fingerprint density at radius 3 is 2.10 bits per heavy atom. The molecule has 0 aliphatic carbocycles. The van der Waals surface area contributed by atoms with Gasteiger partial charge in [-0.2, -0.15) is 0 Å². The molecule has 30 heavy (non-hydrogen) atoms. The van der Waals surface area contributed by atoms with Crippen molar-refractivity contribution in [1.29, 1.82) is 0 Å². The van der Waals surface area contributed by atoms with Crippen molar-refractivity contribution in [2.75, 3.05) is 0 Å². The first-order valence-corrected chi connectivity index (χ1v) is 10.5. The summed E-state index contributed by atoms with van der Waals surface area (Å²) >= 11 is 0. The summed E-state index contributed by atoms with van der Waals surface area (Å²) in [6, 6.07) is 18.0. The fourth-order valence-electron chi connectivity index (χ4n) is 3.22. The maximum absolute atomic E-state index is 10.7. The lowest BCUT2D eigenvalue weighted by molar-refractivity contribution is 0.176. The number of aliphatic hydroxyl groups is 1.